The maximum atomic E-state index is 14.3. The van der Waals surface area contributed by atoms with Crippen molar-refractivity contribution >= 4 is 29.1 Å². The molecular formula is C22H22ClF2N3O2. The Morgan fingerprint density at radius 2 is 1.97 bits per heavy atom. The fourth-order valence-corrected chi connectivity index (χ4v) is 4.46. The van der Waals surface area contributed by atoms with Gasteiger partial charge in [0.25, 0.3) is 5.91 Å². The lowest BCUT2D eigenvalue weighted by Gasteiger charge is -2.32. The number of nitrogens with one attached hydrogen (secondary N) is 1. The zero-order valence-electron chi connectivity index (χ0n) is 16.5. The van der Waals surface area contributed by atoms with Gasteiger partial charge in [0, 0.05) is 18.8 Å². The van der Waals surface area contributed by atoms with Crippen LogP contribution < -0.4 is 10.2 Å². The molecular weight excluding hydrogens is 412 g/mol. The molecule has 2 heterocycles. The van der Waals surface area contributed by atoms with Gasteiger partial charge in [0.2, 0.25) is 0 Å². The van der Waals surface area contributed by atoms with Crippen molar-refractivity contribution in [1.82, 2.24) is 10.3 Å². The molecule has 0 spiro atoms. The van der Waals surface area contributed by atoms with Gasteiger partial charge in [0.05, 0.1) is 27.5 Å². The van der Waals surface area contributed by atoms with Gasteiger partial charge in [-0.3, -0.25) is 14.6 Å². The summed E-state index contributed by atoms with van der Waals surface area (Å²) in [5.41, 5.74) is 1.14. The third-order valence-electron chi connectivity index (χ3n) is 5.97. The standard InChI is InChI=1S/C22H22ClF2N3O2/c1-13-17(10-15(23)11-26-13)20(29)27-16-8-6-14(7-9-16)12-28-19-5-3-2-4-18(19)22(24,25)21(28)30/h2-5,10-11,14,16H,6-9,12H2,1H3,(H,27,29)/t14-,16-. The topological polar surface area (TPSA) is 62.3 Å². The zero-order valence-corrected chi connectivity index (χ0v) is 17.3. The van der Waals surface area contributed by atoms with Crippen LogP contribution in [0, 0.1) is 12.8 Å². The molecule has 2 aromatic rings. The molecule has 30 heavy (non-hydrogen) atoms. The average Bonchev–Trinajstić information content (AvgIpc) is 2.92. The number of amides is 2. The summed E-state index contributed by atoms with van der Waals surface area (Å²) in [6.45, 7) is 2.02. The van der Waals surface area contributed by atoms with Crippen molar-refractivity contribution in [3.8, 4) is 0 Å². The number of carbonyl (C=O) groups is 2. The number of aryl methyl sites for hydroxylation is 1. The van der Waals surface area contributed by atoms with E-state index >= 15 is 0 Å². The molecule has 2 amide bonds. The number of pyridine rings is 1. The molecule has 1 aromatic heterocycles. The summed E-state index contributed by atoms with van der Waals surface area (Å²) in [5.74, 6) is -4.72. The summed E-state index contributed by atoms with van der Waals surface area (Å²) in [6, 6.07) is 7.67. The predicted octanol–water partition coefficient (Wildman–Crippen LogP) is 4.47. The largest absolute Gasteiger partial charge is 0.352 e. The van der Waals surface area contributed by atoms with Gasteiger partial charge in [-0.1, -0.05) is 29.8 Å². The molecule has 1 N–H and O–H groups in total. The Hall–Kier alpha value is -2.54. The number of hydrogen-bond acceptors (Lipinski definition) is 3. The molecule has 1 fully saturated rings. The lowest BCUT2D eigenvalue weighted by Crippen LogP contribution is -2.42. The van der Waals surface area contributed by atoms with Crippen LogP contribution in [-0.4, -0.2) is 29.4 Å². The maximum Gasteiger partial charge on any atom is 0.352 e. The first kappa shape index (κ1) is 20.7. The van der Waals surface area contributed by atoms with E-state index in [1.807, 2.05) is 0 Å². The summed E-state index contributed by atoms with van der Waals surface area (Å²) < 4.78 is 28.6. The first-order chi connectivity index (χ1) is 14.3. The van der Waals surface area contributed by atoms with E-state index in [0.717, 1.165) is 25.7 Å². The van der Waals surface area contributed by atoms with Gasteiger partial charge in [-0.05, 0) is 50.7 Å². The smallest absolute Gasteiger partial charge is 0.349 e. The minimum Gasteiger partial charge on any atom is -0.349 e. The number of hydrogen-bond donors (Lipinski definition) is 1. The minimum absolute atomic E-state index is 0.00450. The van der Waals surface area contributed by atoms with Gasteiger partial charge < -0.3 is 10.2 Å². The second kappa shape index (κ2) is 7.95. The molecule has 0 atom stereocenters. The number of fused-ring (bicyclic) bond motifs is 1. The van der Waals surface area contributed by atoms with E-state index in [9.17, 15) is 18.4 Å². The summed E-state index contributed by atoms with van der Waals surface area (Å²) in [7, 11) is 0. The Balaban J connectivity index is 1.36. The summed E-state index contributed by atoms with van der Waals surface area (Å²) in [4.78, 5) is 30.2. The van der Waals surface area contributed by atoms with Crippen LogP contribution in [0.2, 0.25) is 5.02 Å². The summed E-state index contributed by atoms with van der Waals surface area (Å²) >= 11 is 5.94. The Morgan fingerprint density at radius 3 is 2.70 bits per heavy atom. The van der Waals surface area contributed by atoms with Crippen LogP contribution in [0.3, 0.4) is 0 Å². The number of halogens is 3. The lowest BCUT2D eigenvalue weighted by atomic mass is 9.85. The Morgan fingerprint density at radius 1 is 1.27 bits per heavy atom. The molecule has 0 unspecified atom stereocenters. The van der Waals surface area contributed by atoms with E-state index in [2.05, 4.69) is 10.3 Å². The first-order valence-corrected chi connectivity index (χ1v) is 10.4. The molecule has 0 saturated heterocycles. The van der Waals surface area contributed by atoms with E-state index in [1.165, 1.54) is 23.2 Å². The van der Waals surface area contributed by atoms with Gasteiger partial charge in [-0.2, -0.15) is 8.78 Å². The molecule has 4 rings (SSSR count). The fourth-order valence-electron chi connectivity index (χ4n) is 4.30. The van der Waals surface area contributed by atoms with E-state index in [-0.39, 0.29) is 30.0 Å². The van der Waals surface area contributed by atoms with E-state index in [1.54, 1.807) is 25.1 Å². The van der Waals surface area contributed by atoms with Crippen LogP contribution in [0.5, 0.6) is 0 Å². The average molecular weight is 434 g/mol. The third-order valence-corrected chi connectivity index (χ3v) is 6.17. The predicted molar refractivity (Wildman–Crippen MR) is 110 cm³/mol. The van der Waals surface area contributed by atoms with Crippen molar-refractivity contribution in [1.29, 1.82) is 0 Å². The molecule has 1 aliphatic heterocycles. The quantitative estimate of drug-likeness (QED) is 0.773. The van der Waals surface area contributed by atoms with Crippen molar-refractivity contribution in [2.24, 2.45) is 5.92 Å². The zero-order chi connectivity index (χ0) is 21.5. The highest BCUT2D eigenvalue weighted by Crippen LogP contribution is 2.44. The third kappa shape index (κ3) is 3.78. The number of alkyl halides is 2. The van der Waals surface area contributed by atoms with Crippen LogP contribution >= 0.6 is 11.6 Å². The Bertz CT molecular complexity index is 990. The van der Waals surface area contributed by atoms with Gasteiger partial charge in [-0.15, -0.1) is 0 Å². The van der Waals surface area contributed by atoms with Crippen LogP contribution in [0.1, 0.15) is 47.3 Å². The van der Waals surface area contributed by atoms with Gasteiger partial charge >= 0.3 is 11.8 Å². The van der Waals surface area contributed by atoms with E-state index < -0.39 is 11.8 Å². The minimum atomic E-state index is -3.47. The van der Waals surface area contributed by atoms with Crippen molar-refractivity contribution in [2.45, 2.75) is 44.6 Å². The molecule has 5 nitrogen and oxygen atoms in total. The second-order valence-corrected chi connectivity index (χ2v) is 8.42. The highest BCUT2D eigenvalue weighted by atomic mass is 35.5. The SMILES string of the molecule is Cc1ncc(Cl)cc1C(=O)N[C@H]1CC[C@H](CN2C(=O)C(F)(F)c3ccccc32)CC1. The number of nitrogens with zero attached hydrogens (tertiary/aromatic N) is 2. The molecule has 1 aromatic carbocycles. The van der Waals surface area contributed by atoms with Crippen LogP contribution in [0.4, 0.5) is 14.5 Å². The molecule has 0 bridgehead atoms. The fraction of sp³-hybridized carbons (Fsp3) is 0.409. The summed E-state index contributed by atoms with van der Waals surface area (Å²) in [5, 5.41) is 3.42. The molecule has 158 valence electrons. The number of para-hydroxylation sites is 1. The number of aromatic nitrogens is 1. The molecule has 8 heteroatoms. The Labute approximate surface area is 178 Å². The highest BCUT2D eigenvalue weighted by Gasteiger charge is 2.52. The molecule has 1 saturated carbocycles. The first-order valence-electron chi connectivity index (χ1n) is 9.99. The van der Waals surface area contributed by atoms with E-state index in [4.69, 9.17) is 11.6 Å². The number of rotatable bonds is 4. The van der Waals surface area contributed by atoms with Crippen molar-refractivity contribution in [3.63, 3.8) is 0 Å². The van der Waals surface area contributed by atoms with Gasteiger partial charge in [0.1, 0.15) is 0 Å². The van der Waals surface area contributed by atoms with Crippen molar-refractivity contribution in [3.05, 3.63) is 58.4 Å². The van der Waals surface area contributed by atoms with Gasteiger partial charge in [-0.25, -0.2) is 0 Å². The second-order valence-electron chi connectivity index (χ2n) is 7.98. The maximum absolute atomic E-state index is 14.3. The highest BCUT2D eigenvalue weighted by molar-refractivity contribution is 6.30. The summed E-state index contributed by atoms with van der Waals surface area (Å²) in [6.07, 6.45) is 4.44. The van der Waals surface area contributed by atoms with Crippen LogP contribution in [0.25, 0.3) is 0 Å². The lowest BCUT2D eigenvalue weighted by molar-refractivity contribution is -0.141. The molecule has 0 radical (unpaired) electrons. The van der Waals surface area contributed by atoms with Crippen molar-refractivity contribution in [2.75, 3.05) is 11.4 Å². The van der Waals surface area contributed by atoms with Crippen LogP contribution in [0.15, 0.2) is 36.5 Å². The van der Waals surface area contributed by atoms with Crippen molar-refractivity contribution < 1.29 is 18.4 Å². The number of anilines is 1. The monoisotopic (exact) mass is 433 g/mol. The Kier molecular flexibility index (Phi) is 5.49. The van der Waals surface area contributed by atoms with Crippen LogP contribution in [-0.2, 0) is 10.7 Å². The van der Waals surface area contributed by atoms with E-state index in [0.29, 0.717) is 22.0 Å². The number of benzene rings is 1. The normalized spacial score (nSPS) is 22.7. The molecule has 1 aliphatic carbocycles. The number of carbonyl (C=O) groups excluding carboxylic acids is 2. The van der Waals surface area contributed by atoms with Gasteiger partial charge in [0.15, 0.2) is 0 Å². The molecule has 2 aliphatic rings.